The first-order valence-corrected chi connectivity index (χ1v) is 7.40. The second-order valence-corrected chi connectivity index (χ2v) is 5.68. The molecule has 2 amide bonds. The molecule has 2 heterocycles. The molecular weight excluding hydrogens is 297 g/mol. The molecule has 118 valence electrons. The van der Waals surface area contributed by atoms with E-state index in [-0.39, 0.29) is 18.2 Å². The number of halogens is 1. The van der Waals surface area contributed by atoms with E-state index >= 15 is 0 Å². The standard InChI is InChI=1S/C17H16FN3O2/c1-20(11-12-6-8-19-9-7-12)15-10-16(22)21(17(15)23)14-4-2-13(18)3-5-14/h2-9,15H,10-11H2,1H3/p+1/t15-/m0/s1. The van der Waals surface area contributed by atoms with Gasteiger partial charge in [0.05, 0.1) is 19.2 Å². The zero-order valence-electron chi connectivity index (χ0n) is 12.7. The monoisotopic (exact) mass is 314 g/mol. The Kier molecular flexibility index (Phi) is 4.16. The number of hydrogen-bond donors (Lipinski definition) is 1. The van der Waals surface area contributed by atoms with Gasteiger partial charge in [-0.1, -0.05) is 0 Å². The molecule has 0 bridgehead atoms. The van der Waals surface area contributed by atoms with Gasteiger partial charge < -0.3 is 4.90 Å². The van der Waals surface area contributed by atoms with Crippen LogP contribution in [0.15, 0.2) is 48.8 Å². The highest BCUT2D eigenvalue weighted by molar-refractivity contribution is 6.21. The van der Waals surface area contributed by atoms with Gasteiger partial charge in [-0.3, -0.25) is 14.6 Å². The quantitative estimate of drug-likeness (QED) is 0.840. The normalized spacial score (nSPS) is 19.2. The number of aromatic nitrogens is 1. The molecule has 1 fully saturated rings. The number of carbonyl (C=O) groups is 2. The van der Waals surface area contributed by atoms with Crippen LogP contribution in [-0.4, -0.2) is 29.9 Å². The fourth-order valence-electron chi connectivity index (χ4n) is 2.82. The van der Waals surface area contributed by atoms with Gasteiger partial charge in [0, 0.05) is 18.0 Å². The van der Waals surface area contributed by atoms with Crippen molar-refractivity contribution in [2.45, 2.75) is 19.0 Å². The molecule has 6 heteroatoms. The number of hydrogen-bond acceptors (Lipinski definition) is 3. The molecule has 1 aliphatic heterocycles. The van der Waals surface area contributed by atoms with Gasteiger partial charge in [0.15, 0.2) is 6.04 Å². The highest BCUT2D eigenvalue weighted by Gasteiger charge is 2.44. The second kappa shape index (κ2) is 6.26. The summed E-state index contributed by atoms with van der Waals surface area (Å²) < 4.78 is 13.0. The van der Waals surface area contributed by atoms with Crippen LogP contribution in [0.2, 0.25) is 0 Å². The van der Waals surface area contributed by atoms with E-state index in [0.717, 1.165) is 15.4 Å². The fourth-order valence-corrected chi connectivity index (χ4v) is 2.82. The van der Waals surface area contributed by atoms with Gasteiger partial charge in [-0.25, -0.2) is 9.29 Å². The maximum absolute atomic E-state index is 13.0. The van der Waals surface area contributed by atoms with Crippen molar-refractivity contribution in [3.05, 3.63) is 60.2 Å². The summed E-state index contributed by atoms with van der Waals surface area (Å²) in [5.41, 5.74) is 1.47. The lowest BCUT2D eigenvalue weighted by atomic mass is 10.2. The van der Waals surface area contributed by atoms with Crippen molar-refractivity contribution in [1.29, 1.82) is 0 Å². The number of rotatable bonds is 4. The van der Waals surface area contributed by atoms with E-state index in [0.29, 0.717) is 12.2 Å². The number of quaternary nitrogens is 1. The second-order valence-electron chi connectivity index (χ2n) is 5.68. The molecule has 1 aliphatic rings. The van der Waals surface area contributed by atoms with Gasteiger partial charge in [0.1, 0.15) is 12.4 Å². The third kappa shape index (κ3) is 3.12. The van der Waals surface area contributed by atoms with E-state index in [9.17, 15) is 14.0 Å². The number of likely N-dealkylation sites (N-methyl/N-ethyl adjacent to an activating group) is 1. The maximum Gasteiger partial charge on any atom is 0.292 e. The molecule has 0 spiro atoms. The van der Waals surface area contributed by atoms with Gasteiger partial charge in [0.2, 0.25) is 5.91 Å². The largest absolute Gasteiger partial charge is 0.323 e. The number of anilines is 1. The molecule has 2 atom stereocenters. The number of carbonyl (C=O) groups excluding carboxylic acids is 2. The minimum absolute atomic E-state index is 0.160. The summed E-state index contributed by atoms with van der Waals surface area (Å²) in [6.07, 6.45) is 3.57. The minimum atomic E-state index is -0.430. The molecule has 23 heavy (non-hydrogen) atoms. The highest BCUT2D eigenvalue weighted by atomic mass is 19.1. The lowest BCUT2D eigenvalue weighted by molar-refractivity contribution is -0.908. The summed E-state index contributed by atoms with van der Waals surface area (Å²) >= 11 is 0. The average molecular weight is 314 g/mol. The smallest absolute Gasteiger partial charge is 0.292 e. The number of nitrogens with zero attached hydrogens (tertiary/aromatic N) is 2. The first kappa shape index (κ1) is 15.3. The first-order valence-electron chi connectivity index (χ1n) is 7.40. The van der Waals surface area contributed by atoms with Crippen molar-refractivity contribution >= 4 is 17.5 Å². The van der Waals surface area contributed by atoms with Crippen LogP contribution in [0.3, 0.4) is 0 Å². The summed E-state index contributed by atoms with van der Waals surface area (Å²) in [5, 5.41) is 0. The van der Waals surface area contributed by atoms with Crippen LogP contribution in [0.4, 0.5) is 10.1 Å². The third-order valence-corrected chi connectivity index (χ3v) is 4.06. The Hall–Kier alpha value is -2.60. The van der Waals surface area contributed by atoms with E-state index in [1.54, 1.807) is 12.4 Å². The Bertz CT molecular complexity index is 718. The van der Waals surface area contributed by atoms with Crippen LogP contribution in [0.25, 0.3) is 0 Å². The molecule has 1 unspecified atom stereocenters. The first-order chi connectivity index (χ1) is 11.1. The molecule has 1 N–H and O–H groups in total. The molecular formula is C17H17FN3O2+. The highest BCUT2D eigenvalue weighted by Crippen LogP contribution is 2.22. The Morgan fingerprint density at radius 3 is 2.48 bits per heavy atom. The number of nitrogens with one attached hydrogen (secondary N) is 1. The Morgan fingerprint density at radius 1 is 1.17 bits per heavy atom. The lowest BCUT2D eigenvalue weighted by Crippen LogP contribution is -3.12. The maximum atomic E-state index is 13.0. The van der Waals surface area contributed by atoms with Crippen molar-refractivity contribution < 1.29 is 18.9 Å². The minimum Gasteiger partial charge on any atom is -0.323 e. The van der Waals surface area contributed by atoms with Crippen molar-refractivity contribution in [1.82, 2.24) is 4.98 Å². The molecule has 2 aromatic rings. The Morgan fingerprint density at radius 2 is 1.83 bits per heavy atom. The van der Waals surface area contributed by atoms with Crippen LogP contribution in [-0.2, 0) is 16.1 Å². The molecule has 5 nitrogen and oxygen atoms in total. The van der Waals surface area contributed by atoms with Crippen LogP contribution in [0.5, 0.6) is 0 Å². The van der Waals surface area contributed by atoms with E-state index < -0.39 is 11.9 Å². The van der Waals surface area contributed by atoms with Crippen molar-refractivity contribution in [3.8, 4) is 0 Å². The van der Waals surface area contributed by atoms with Gasteiger partial charge >= 0.3 is 0 Å². The van der Waals surface area contributed by atoms with E-state index in [2.05, 4.69) is 4.98 Å². The van der Waals surface area contributed by atoms with Crippen LogP contribution >= 0.6 is 0 Å². The predicted octanol–water partition coefficient (Wildman–Crippen LogP) is 0.568. The summed E-state index contributed by atoms with van der Waals surface area (Å²) in [6, 6.07) is 8.75. The predicted molar refractivity (Wildman–Crippen MR) is 82.1 cm³/mol. The zero-order valence-corrected chi connectivity index (χ0v) is 12.7. The molecule has 0 saturated carbocycles. The number of amides is 2. The molecule has 1 aromatic carbocycles. The van der Waals surface area contributed by atoms with E-state index in [4.69, 9.17) is 0 Å². The van der Waals surface area contributed by atoms with Crippen molar-refractivity contribution in [2.75, 3.05) is 11.9 Å². The Balaban J connectivity index is 1.76. The third-order valence-electron chi connectivity index (χ3n) is 4.06. The molecule has 0 radical (unpaired) electrons. The van der Waals surface area contributed by atoms with Gasteiger partial charge in [-0.15, -0.1) is 0 Å². The van der Waals surface area contributed by atoms with E-state index in [1.165, 1.54) is 24.3 Å². The summed E-state index contributed by atoms with van der Waals surface area (Å²) in [4.78, 5) is 30.9. The van der Waals surface area contributed by atoms with Crippen LogP contribution in [0.1, 0.15) is 12.0 Å². The molecule has 1 aromatic heterocycles. The van der Waals surface area contributed by atoms with Crippen LogP contribution in [0, 0.1) is 5.82 Å². The number of benzene rings is 1. The topological polar surface area (TPSA) is 54.7 Å². The van der Waals surface area contributed by atoms with Crippen molar-refractivity contribution in [2.24, 2.45) is 0 Å². The number of pyridine rings is 1. The molecule has 3 rings (SSSR count). The fraction of sp³-hybridized carbons (Fsp3) is 0.235. The van der Waals surface area contributed by atoms with Gasteiger partial charge in [-0.05, 0) is 36.4 Å². The molecule has 1 saturated heterocycles. The summed E-state index contributed by atoms with van der Waals surface area (Å²) in [6.45, 7) is 0.628. The average Bonchev–Trinajstić information content (AvgIpc) is 2.84. The summed E-state index contributed by atoms with van der Waals surface area (Å²) in [5.74, 6) is -0.890. The number of imide groups is 1. The van der Waals surface area contributed by atoms with Crippen LogP contribution < -0.4 is 9.80 Å². The SMILES string of the molecule is C[NH+](Cc1ccncc1)[C@H]1CC(=O)N(c2ccc(F)cc2)C1=O. The Labute approximate surface area is 133 Å². The van der Waals surface area contributed by atoms with E-state index in [1.807, 2.05) is 19.2 Å². The molecule has 0 aliphatic carbocycles. The van der Waals surface area contributed by atoms with Crippen molar-refractivity contribution in [3.63, 3.8) is 0 Å². The zero-order chi connectivity index (χ0) is 16.4. The lowest BCUT2D eigenvalue weighted by Gasteiger charge is -2.20. The summed E-state index contributed by atoms with van der Waals surface area (Å²) in [7, 11) is 1.89. The van der Waals surface area contributed by atoms with Gasteiger partial charge in [-0.2, -0.15) is 0 Å². The van der Waals surface area contributed by atoms with Gasteiger partial charge in [0.25, 0.3) is 5.91 Å².